The summed E-state index contributed by atoms with van der Waals surface area (Å²) >= 11 is 0. The average molecular weight is 289 g/mol. The summed E-state index contributed by atoms with van der Waals surface area (Å²) in [6.07, 6.45) is 0.818. The van der Waals surface area contributed by atoms with Gasteiger partial charge in [0.15, 0.2) is 0 Å². The van der Waals surface area contributed by atoms with Crippen LogP contribution in [-0.2, 0) is 6.54 Å². The molecule has 21 heavy (non-hydrogen) atoms. The van der Waals surface area contributed by atoms with Gasteiger partial charge in [-0.3, -0.25) is 4.90 Å². The fourth-order valence-electron chi connectivity index (χ4n) is 2.92. The molecule has 3 N–H and O–H groups in total. The Morgan fingerprint density at radius 2 is 2.29 bits per heavy atom. The van der Waals surface area contributed by atoms with E-state index in [0.717, 1.165) is 22.2 Å². The van der Waals surface area contributed by atoms with E-state index in [2.05, 4.69) is 4.90 Å². The zero-order valence-electron chi connectivity index (χ0n) is 12.0. The number of carboxylic acid groups (broad SMARTS) is 1. The van der Waals surface area contributed by atoms with Crippen LogP contribution < -0.4 is 5.73 Å². The lowest BCUT2D eigenvalue weighted by Gasteiger charge is -2.38. The van der Waals surface area contributed by atoms with Gasteiger partial charge in [0, 0.05) is 48.9 Å². The van der Waals surface area contributed by atoms with Crippen molar-refractivity contribution in [3.8, 4) is 0 Å². The molecule has 1 fully saturated rings. The van der Waals surface area contributed by atoms with Crippen LogP contribution in [0.3, 0.4) is 0 Å². The topological polar surface area (TPSA) is 82.9 Å². The standard InChI is InChI=1S/C15H19N3O3/c1-10-8-18(15(19)20)4-3-17(10)9-12-7-13(16)6-11-2-5-21-14(11)12/h2,5-7,10H,3-4,8-9,16H2,1H3,(H,19,20). The molecule has 112 valence electrons. The number of hydrogen-bond acceptors (Lipinski definition) is 4. The Morgan fingerprint density at radius 3 is 3.00 bits per heavy atom. The molecule has 0 aliphatic carbocycles. The SMILES string of the molecule is CC1CN(C(=O)O)CCN1Cc1cc(N)cc2ccoc12. The molecule has 0 bridgehead atoms. The average Bonchev–Trinajstić information content (AvgIpc) is 2.88. The van der Waals surface area contributed by atoms with E-state index in [4.69, 9.17) is 15.3 Å². The van der Waals surface area contributed by atoms with Gasteiger partial charge in [-0.1, -0.05) is 0 Å². The van der Waals surface area contributed by atoms with Crippen molar-refractivity contribution < 1.29 is 14.3 Å². The number of hydrogen-bond donors (Lipinski definition) is 2. The summed E-state index contributed by atoms with van der Waals surface area (Å²) in [4.78, 5) is 14.7. The zero-order valence-corrected chi connectivity index (χ0v) is 12.0. The number of furan rings is 1. The summed E-state index contributed by atoms with van der Waals surface area (Å²) < 4.78 is 5.55. The van der Waals surface area contributed by atoms with Crippen LogP contribution in [-0.4, -0.2) is 46.7 Å². The van der Waals surface area contributed by atoms with E-state index < -0.39 is 6.09 Å². The van der Waals surface area contributed by atoms with Gasteiger partial charge in [-0.2, -0.15) is 0 Å². The molecule has 1 aromatic heterocycles. The van der Waals surface area contributed by atoms with Crippen molar-refractivity contribution in [2.45, 2.75) is 19.5 Å². The third-order valence-corrected chi connectivity index (χ3v) is 4.06. The predicted molar refractivity (Wildman–Crippen MR) is 80.1 cm³/mol. The van der Waals surface area contributed by atoms with Crippen molar-refractivity contribution in [3.63, 3.8) is 0 Å². The molecule has 0 radical (unpaired) electrons. The number of rotatable bonds is 2. The van der Waals surface area contributed by atoms with Crippen molar-refractivity contribution in [2.24, 2.45) is 0 Å². The number of nitrogens with two attached hydrogens (primary N) is 1. The van der Waals surface area contributed by atoms with E-state index in [9.17, 15) is 4.79 Å². The van der Waals surface area contributed by atoms with E-state index in [1.165, 1.54) is 4.90 Å². The van der Waals surface area contributed by atoms with Gasteiger partial charge < -0.3 is 20.2 Å². The third kappa shape index (κ3) is 2.67. The molecule has 6 heteroatoms. The summed E-state index contributed by atoms with van der Waals surface area (Å²) in [6.45, 7) is 4.52. The second kappa shape index (κ2) is 5.29. The molecule has 6 nitrogen and oxygen atoms in total. The minimum absolute atomic E-state index is 0.168. The van der Waals surface area contributed by atoms with Crippen LogP contribution in [0.2, 0.25) is 0 Å². The van der Waals surface area contributed by atoms with Crippen LogP contribution in [0, 0.1) is 0 Å². The molecular weight excluding hydrogens is 270 g/mol. The first-order chi connectivity index (χ1) is 10.0. The van der Waals surface area contributed by atoms with Gasteiger partial charge >= 0.3 is 6.09 Å². The Hall–Kier alpha value is -2.21. The largest absolute Gasteiger partial charge is 0.465 e. The highest BCUT2D eigenvalue weighted by Gasteiger charge is 2.27. The van der Waals surface area contributed by atoms with E-state index in [0.29, 0.717) is 26.2 Å². The summed E-state index contributed by atoms with van der Waals surface area (Å²) in [5.74, 6) is 0. The second-order valence-corrected chi connectivity index (χ2v) is 5.57. The number of nitrogens with zero attached hydrogens (tertiary/aromatic N) is 2. The number of fused-ring (bicyclic) bond motifs is 1. The van der Waals surface area contributed by atoms with Crippen LogP contribution in [0.25, 0.3) is 11.0 Å². The Balaban J connectivity index is 1.80. The summed E-state index contributed by atoms with van der Waals surface area (Å²) in [5.41, 5.74) is 8.56. The highest BCUT2D eigenvalue weighted by molar-refractivity contribution is 5.83. The quantitative estimate of drug-likeness (QED) is 0.828. The number of piperazine rings is 1. The minimum Gasteiger partial charge on any atom is -0.465 e. The molecule has 1 atom stereocenters. The minimum atomic E-state index is -0.848. The molecule has 2 heterocycles. The van der Waals surface area contributed by atoms with Crippen LogP contribution in [0.5, 0.6) is 0 Å². The van der Waals surface area contributed by atoms with Gasteiger partial charge in [0.1, 0.15) is 5.58 Å². The number of nitrogen functional groups attached to an aromatic ring is 1. The number of benzene rings is 1. The molecule has 1 aliphatic heterocycles. The van der Waals surface area contributed by atoms with Gasteiger partial charge in [-0.15, -0.1) is 0 Å². The first-order valence-electron chi connectivity index (χ1n) is 7.02. The van der Waals surface area contributed by atoms with Gasteiger partial charge in [-0.05, 0) is 25.1 Å². The van der Waals surface area contributed by atoms with Crippen molar-refractivity contribution in [1.29, 1.82) is 0 Å². The van der Waals surface area contributed by atoms with Crippen LogP contribution in [0.4, 0.5) is 10.5 Å². The zero-order chi connectivity index (χ0) is 15.0. The molecular formula is C15H19N3O3. The monoisotopic (exact) mass is 289 g/mol. The first-order valence-corrected chi connectivity index (χ1v) is 7.02. The Bertz CT molecular complexity index is 667. The predicted octanol–water partition coefficient (Wildman–Crippen LogP) is 2.20. The van der Waals surface area contributed by atoms with Gasteiger partial charge in [0.2, 0.25) is 0 Å². The van der Waals surface area contributed by atoms with E-state index in [1.807, 2.05) is 25.1 Å². The Kier molecular flexibility index (Phi) is 3.47. The second-order valence-electron chi connectivity index (χ2n) is 5.57. The molecule has 0 spiro atoms. The molecule has 3 rings (SSSR count). The van der Waals surface area contributed by atoms with Crippen molar-refractivity contribution in [1.82, 2.24) is 9.80 Å². The van der Waals surface area contributed by atoms with Gasteiger partial charge in [-0.25, -0.2) is 4.79 Å². The summed E-state index contributed by atoms with van der Waals surface area (Å²) in [5, 5.41) is 10.1. The maximum absolute atomic E-state index is 11.0. The normalized spacial score (nSPS) is 20.0. The smallest absolute Gasteiger partial charge is 0.407 e. The molecule has 1 saturated heterocycles. The van der Waals surface area contributed by atoms with Crippen molar-refractivity contribution in [3.05, 3.63) is 30.0 Å². The van der Waals surface area contributed by atoms with E-state index in [-0.39, 0.29) is 6.04 Å². The Morgan fingerprint density at radius 1 is 1.48 bits per heavy atom. The lowest BCUT2D eigenvalue weighted by atomic mass is 10.1. The molecule has 0 saturated carbocycles. The number of anilines is 1. The van der Waals surface area contributed by atoms with E-state index in [1.54, 1.807) is 6.26 Å². The number of carbonyl (C=O) groups is 1. The van der Waals surface area contributed by atoms with Crippen molar-refractivity contribution >= 4 is 22.7 Å². The maximum Gasteiger partial charge on any atom is 0.407 e. The van der Waals surface area contributed by atoms with Crippen LogP contribution >= 0.6 is 0 Å². The lowest BCUT2D eigenvalue weighted by Crippen LogP contribution is -2.52. The van der Waals surface area contributed by atoms with Crippen molar-refractivity contribution in [2.75, 3.05) is 25.4 Å². The Labute approximate surface area is 122 Å². The van der Waals surface area contributed by atoms with Crippen LogP contribution in [0.1, 0.15) is 12.5 Å². The van der Waals surface area contributed by atoms with Gasteiger partial charge in [0.25, 0.3) is 0 Å². The molecule has 1 aromatic carbocycles. The fraction of sp³-hybridized carbons (Fsp3) is 0.400. The van der Waals surface area contributed by atoms with Crippen LogP contribution in [0.15, 0.2) is 28.9 Å². The fourth-order valence-corrected chi connectivity index (χ4v) is 2.92. The first kappa shape index (κ1) is 13.8. The van der Waals surface area contributed by atoms with E-state index >= 15 is 0 Å². The highest BCUT2D eigenvalue weighted by atomic mass is 16.4. The lowest BCUT2D eigenvalue weighted by molar-refractivity contribution is 0.0713. The number of amides is 1. The summed E-state index contributed by atoms with van der Waals surface area (Å²) in [7, 11) is 0. The maximum atomic E-state index is 11.0. The summed E-state index contributed by atoms with van der Waals surface area (Å²) in [6, 6.07) is 5.90. The molecule has 2 aromatic rings. The molecule has 1 amide bonds. The highest BCUT2D eigenvalue weighted by Crippen LogP contribution is 2.26. The van der Waals surface area contributed by atoms with Gasteiger partial charge in [0.05, 0.1) is 6.26 Å². The third-order valence-electron chi connectivity index (χ3n) is 4.06. The molecule has 1 unspecified atom stereocenters. The molecule has 1 aliphatic rings.